The van der Waals surface area contributed by atoms with Crippen molar-refractivity contribution >= 4 is 35.8 Å². The van der Waals surface area contributed by atoms with Crippen molar-refractivity contribution in [3.63, 3.8) is 0 Å². The van der Waals surface area contributed by atoms with Gasteiger partial charge in [-0.2, -0.15) is 0 Å². The van der Waals surface area contributed by atoms with Crippen molar-refractivity contribution < 1.29 is 4.74 Å². The summed E-state index contributed by atoms with van der Waals surface area (Å²) in [7, 11) is 1.69. The number of anilines is 1. The molecule has 0 radical (unpaired) electrons. The molecule has 2 N–H and O–H groups in total. The summed E-state index contributed by atoms with van der Waals surface area (Å²) in [5.41, 5.74) is 2.27. The third kappa shape index (κ3) is 6.25. The summed E-state index contributed by atoms with van der Waals surface area (Å²) in [4.78, 5) is 11.6. The molecule has 0 spiro atoms. The number of methoxy groups -OCH3 is 1. The maximum atomic E-state index is 5.42. The number of guanidine groups is 1. The standard InChI is InChI=1S/C21H29N5O.HI/c1-3-22-21(25-16-18-8-4-5-9-19(18)27-2)24-15-17-10-11-23-20(14-17)26-12-6-7-13-26;/h4-5,8-11,14H,3,6-7,12-13,15-16H2,1-2H3,(H2,22,24,25);1H. The van der Waals surface area contributed by atoms with E-state index in [1.165, 1.54) is 18.4 Å². The predicted molar refractivity (Wildman–Crippen MR) is 126 cm³/mol. The van der Waals surface area contributed by atoms with Crippen LogP contribution < -0.4 is 20.3 Å². The van der Waals surface area contributed by atoms with E-state index in [1.807, 2.05) is 30.5 Å². The number of aromatic nitrogens is 1. The van der Waals surface area contributed by atoms with E-state index in [-0.39, 0.29) is 24.0 Å². The Balaban J connectivity index is 0.00000280. The molecule has 7 heteroatoms. The zero-order valence-corrected chi connectivity index (χ0v) is 19.0. The van der Waals surface area contributed by atoms with Gasteiger partial charge in [-0.25, -0.2) is 9.98 Å². The van der Waals surface area contributed by atoms with E-state index in [4.69, 9.17) is 9.73 Å². The minimum absolute atomic E-state index is 0. The smallest absolute Gasteiger partial charge is 0.191 e. The second-order valence-electron chi connectivity index (χ2n) is 6.58. The van der Waals surface area contributed by atoms with Crippen LogP contribution in [0.5, 0.6) is 5.75 Å². The van der Waals surface area contributed by atoms with Crippen molar-refractivity contribution in [2.75, 3.05) is 31.6 Å². The maximum absolute atomic E-state index is 5.42. The van der Waals surface area contributed by atoms with Crippen LogP contribution in [0.2, 0.25) is 0 Å². The van der Waals surface area contributed by atoms with Gasteiger partial charge in [0, 0.05) is 37.9 Å². The van der Waals surface area contributed by atoms with Gasteiger partial charge in [0.2, 0.25) is 0 Å². The molecule has 3 rings (SSSR count). The molecule has 1 aliphatic heterocycles. The van der Waals surface area contributed by atoms with Crippen molar-refractivity contribution in [3.8, 4) is 5.75 Å². The third-order valence-corrected chi connectivity index (χ3v) is 4.64. The van der Waals surface area contributed by atoms with Crippen LogP contribution >= 0.6 is 24.0 Å². The lowest BCUT2D eigenvalue weighted by Gasteiger charge is -2.17. The molecule has 0 unspecified atom stereocenters. The van der Waals surface area contributed by atoms with E-state index in [1.54, 1.807) is 7.11 Å². The lowest BCUT2D eigenvalue weighted by Crippen LogP contribution is -2.36. The van der Waals surface area contributed by atoms with Crippen LogP contribution in [-0.2, 0) is 13.1 Å². The van der Waals surface area contributed by atoms with E-state index in [2.05, 4.69) is 39.6 Å². The van der Waals surface area contributed by atoms with Gasteiger partial charge in [0.15, 0.2) is 5.96 Å². The normalized spacial score (nSPS) is 13.8. The zero-order chi connectivity index (χ0) is 18.9. The Hall–Kier alpha value is -2.03. The first-order chi connectivity index (χ1) is 13.3. The number of hydrogen-bond donors (Lipinski definition) is 2. The average molecular weight is 495 g/mol. The number of nitrogens with one attached hydrogen (secondary N) is 2. The van der Waals surface area contributed by atoms with E-state index in [9.17, 15) is 0 Å². The SMILES string of the molecule is CCNC(=NCc1ccnc(N2CCCC2)c1)NCc1ccccc1OC.I. The monoisotopic (exact) mass is 495 g/mol. The van der Waals surface area contributed by atoms with Crippen molar-refractivity contribution in [2.45, 2.75) is 32.9 Å². The number of halogens is 1. The maximum Gasteiger partial charge on any atom is 0.191 e. The fourth-order valence-electron chi connectivity index (χ4n) is 3.22. The van der Waals surface area contributed by atoms with Gasteiger partial charge in [0.1, 0.15) is 11.6 Å². The number of nitrogens with zero attached hydrogens (tertiary/aromatic N) is 3. The lowest BCUT2D eigenvalue weighted by atomic mass is 10.2. The van der Waals surface area contributed by atoms with Crippen molar-refractivity contribution in [1.82, 2.24) is 15.6 Å². The Morgan fingerprint density at radius 2 is 1.96 bits per heavy atom. The molecule has 1 aromatic carbocycles. The summed E-state index contributed by atoms with van der Waals surface area (Å²) in [6.07, 6.45) is 4.39. The fraction of sp³-hybridized carbons (Fsp3) is 0.429. The number of hydrogen-bond acceptors (Lipinski definition) is 4. The fourth-order valence-corrected chi connectivity index (χ4v) is 3.22. The number of aliphatic imine (C=N–C) groups is 1. The number of ether oxygens (including phenoxy) is 1. The summed E-state index contributed by atoms with van der Waals surface area (Å²) < 4.78 is 5.42. The van der Waals surface area contributed by atoms with Gasteiger partial charge in [0.05, 0.1) is 13.7 Å². The van der Waals surface area contributed by atoms with Crippen molar-refractivity contribution in [1.29, 1.82) is 0 Å². The number of benzene rings is 1. The molecule has 1 aromatic heterocycles. The molecule has 28 heavy (non-hydrogen) atoms. The van der Waals surface area contributed by atoms with Crippen LogP contribution in [0, 0.1) is 0 Å². The molecule has 0 saturated carbocycles. The minimum atomic E-state index is 0. The molecule has 0 aliphatic carbocycles. The van der Waals surface area contributed by atoms with Gasteiger partial charge >= 0.3 is 0 Å². The summed E-state index contributed by atoms with van der Waals surface area (Å²) in [5.74, 6) is 2.74. The Kier molecular flexibility index (Phi) is 9.33. The predicted octanol–water partition coefficient (Wildman–Crippen LogP) is 3.56. The van der Waals surface area contributed by atoms with Crippen molar-refractivity contribution in [2.24, 2.45) is 4.99 Å². The van der Waals surface area contributed by atoms with Crippen LogP contribution in [0.25, 0.3) is 0 Å². The van der Waals surface area contributed by atoms with E-state index in [0.717, 1.165) is 42.7 Å². The number of rotatable bonds is 7. The van der Waals surface area contributed by atoms with Crippen LogP contribution in [0.3, 0.4) is 0 Å². The molecule has 0 bridgehead atoms. The average Bonchev–Trinajstić information content (AvgIpc) is 3.25. The topological polar surface area (TPSA) is 61.8 Å². The highest BCUT2D eigenvalue weighted by Gasteiger charge is 2.13. The molecule has 2 heterocycles. The summed E-state index contributed by atoms with van der Waals surface area (Å²) in [6, 6.07) is 12.2. The zero-order valence-electron chi connectivity index (χ0n) is 16.6. The van der Waals surface area contributed by atoms with Gasteiger partial charge in [-0.05, 0) is 43.5 Å². The van der Waals surface area contributed by atoms with E-state index in [0.29, 0.717) is 13.1 Å². The number of pyridine rings is 1. The molecule has 0 atom stereocenters. The molecule has 6 nitrogen and oxygen atoms in total. The summed E-state index contributed by atoms with van der Waals surface area (Å²) in [6.45, 7) is 6.35. The second-order valence-corrected chi connectivity index (χ2v) is 6.58. The van der Waals surface area contributed by atoms with Crippen LogP contribution in [0.4, 0.5) is 5.82 Å². The first-order valence-corrected chi connectivity index (χ1v) is 9.64. The Morgan fingerprint density at radius 1 is 1.18 bits per heavy atom. The van der Waals surface area contributed by atoms with Gasteiger partial charge in [-0.15, -0.1) is 24.0 Å². The van der Waals surface area contributed by atoms with Crippen molar-refractivity contribution in [3.05, 3.63) is 53.7 Å². The second kappa shape index (κ2) is 11.7. The minimum Gasteiger partial charge on any atom is -0.496 e. The molecular formula is C21H30IN5O. The highest BCUT2D eigenvalue weighted by molar-refractivity contribution is 14.0. The molecule has 1 saturated heterocycles. The molecule has 152 valence electrons. The number of para-hydroxylation sites is 1. The lowest BCUT2D eigenvalue weighted by molar-refractivity contribution is 0.409. The first-order valence-electron chi connectivity index (χ1n) is 9.64. The van der Waals surface area contributed by atoms with Crippen LogP contribution in [0.1, 0.15) is 30.9 Å². The van der Waals surface area contributed by atoms with E-state index >= 15 is 0 Å². The summed E-state index contributed by atoms with van der Waals surface area (Å²) >= 11 is 0. The van der Waals surface area contributed by atoms with Gasteiger partial charge in [-0.1, -0.05) is 18.2 Å². The highest BCUT2D eigenvalue weighted by atomic mass is 127. The van der Waals surface area contributed by atoms with Crippen LogP contribution in [-0.4, -0.2) is 37.7 Å². The third-order valence-electron chi connectivity index (χ3n) is 4.64. The Labute approximate surface area is 184 Å². The molecule has 1 aliphatic rings. The molecule has 1 fully saturated rings. The molecule has 0 amide bonds. The Morgan fingerprint density at radius 3 is 2.71 bits per heavy atom. The largest absolute Gasteiger partial charge is 0.496 e. The van der Waals surface area contributed by atoms with Crippen LogP contribution in [0.15, 0.2) is 47.6 Å². The molecule has 2 aromatic rings. The first kappa shape index (κ1) is 22.3. The van der Waals surface area contributed by atoms with Gasteiger partial charge < -0.3 is 20.3 Å². The van der Waals surface area contributed by atoms with Gasteiger partial charge in [-0.3, -0.25) is 0 Å². The highest BCUT2D eigenvalue weighted by Crippen LogP contribution is 2.19. The molecular weight excluding hydrogens is 465 g/mol. The van der Waals surface area contributed by atoms with Gasteiger partial charge in [0.25, 0.3) is 0 Å². The summed E-state index contributed by atoms with van der Waals surface area (Å²) in [5, 5.41) is 6.69. The van der Waals surface area contributed by atoms with E-state index < -0.39 is 0 Å². The Bertz CT molecular complexity index is 762. The quantitative estimate of drug-likeness (QED) is 0.350.